The molecule has 0 aromatic carbocycles. The minimum atomic E-state index is 0.456. The van der Waals surface area contributed by atoms with Crippen molar-refractivity contribution >= 4 is 5.96 Å². The molecule has 0 radical (unpaired) electrons. The van der Waals surface area contributed by atoms with Gasteiger partial charge in [0.15, 0.2) is 0 Å². The number of hydrazine groups is 1. The molecule has 0 spiro atoms. The summed E-state index contributed by atoms with van der Waals surface area (Å²) in [4.78, 5) is 4.34. The number of guanidine groups is 1. The average Bonchev–Trinajstić information content (AvgIpc) is 2.78. The van der Waals surface area contributed by atoms with Gasteiger partial charge in [-0.2, -0.15) is 0 Å². The lowest BCUT2D eigenvalue weighted by Gasteiger charge is -2.08. The first kappa shape index (κ1) is 9.32. The number of nitrogens with two attached hydrogens (primary N) is 1. The molecule has 12 heavy (non-hydrogen) atoms. The number of rotatable bonds is 3. The first-order valence-corrected chi connectivity index (χ1v) is 4.45. The van der Waals surface area contributed by atoms with Crippen molar-refractivity contribution in [3.05, 3.63) is 0 Å². The zero-order valence-electron chi connectivity index (χ0n) is 7.85. The monoisotopic (exact) mass is 170 g/mol. The van der Waals surface area contributed by atoms with Crippen LogP contribution in [0.5, 0.6) is 0 Å². The zero-order valence-corrected chi connectivity index (χ0v) is 7.85. The molecule has 0 saturated heterocycles. The molecular weight excluding hydrogens is 152 g/mol. The molecule has 0 unspecified atom stereocenters. The van der Waals surface area contributed by atoms with Crippen LogP contribution in [0.2, 0.25) is 0 Å². The molecule has 1 fully saturated rings. The number of hydrogen-bond donors (Lipinski definition) is 3. The molecule has 0 bridgehead atoms. The van der Waals surface area contributed by atoms with E-state index in [1.807, 2.05) is 6.92 Å². The van der Waals surface area contributed by atoms with Crippen LogP contribution in [0.4, 0.5) is 0 Å². The van der Waals surface area contributed by atoms with Crippen LogP contribution in [0.1, 0.15) is 26.7 Å². The quantitative estimate of drug-likeness (QED) is 0.246. The number of aliphatic imine (C=N–C) groups is 1. The fraction of sp³-hybridized carbons (Fsp3) is 0.875. The van der Waals surface area contributed by atoms with Gasteiger partial charge in [0.1, 0.15) is 0 Å². The standard InChI is InChI=1S/C8H18N4/c1-3-10-7(12-9)11-6-8(2)4-5-8/h3-6,9H2,1-2H3,(H2,10,11,12). The second-order valence-corrected chi connectivity index (χ2v) is 3.65. The minimum Gasteiger partial charge on any atom is -0.356 e. The van der Waals surface area contributed by atoms with E-state index in [9.17, 15) is 0 Å². The Kier molecular flexibility index (Phi) is 2.92. The van der Waals surface area contributed by atoms with E-state index >= 15 is 0 Å². The maximum Gasteiger partial charge on any atom is 0.205 e. The predicted octanol–water partition coefficient (Wildman–Crippen LogP) is 0.215. The van der Waals surface area contributed by atoms with Crippen LogP contribution in [0, 0.1) is 5.41 Å². The highest BCUT2D eigenvalue weighted by molar-refractivity contribution is 5.79. The lowest BCUT2D eigenvalue weighted by Crippen LogP contribution is -2.41. The Morgan fingerprint density at radius 3 is 2.67 bits per heavy atom. The molecule has 0 amide bonds. The van der Waals surface area contributed by atoms with E-state index in [1.54, 1.807) is 0 Å². The normalized spacial score (nSPS) is 20.4. The topological polar surface area (TPSA) is 62.4 Å². The first-order chi connectivity index (χ1) is 5.70. The van der Waals surface area contributed by atoms with Crippen LogP contribution < -0.4 is 16.6 Å². The summed E-state index contributed by atoms with van der Waals surface area (Å²) in [6.07, 6.45) is 2.58. The Balaban J connectivity index is 2.30. The van der Waals surface area contributed by atoms with Crippen molar-refractivity contribution in [2.24, 2.45) is 16.3 Å². The molecule has 4 heteroatoms. The van der Waals surface area contributed by atoms with E-state index in [2.05, 4.69) is 22.7 Å². The van der Waals surface area contributed by atoms with E-state index < -0.39 is 0 Å². The van der Waals surface area contributed by atoms with Gasteiger partial charge in [0, 0.05) is 13.1 Å². The van der Waals surface area contributed by atoms with Gasteiger partial charge >= 0.3 is 0 Å². The van der Waals surface area contributed by atoms with Crippen LogP contribution >= 0.6 is 0 Å². The molecule has 0 aromatic rings. The Hall–Kier alpha value is -0.770. The fourth-order valence-corrected chi connectivity index (χ4v) is 0.961. The number of nitrogens with zero attached hydrogens (tertiary/aromatic N) is 1. The van der Waals surface area contributed by atoms with Crippen LogP contribution in [-0.4, -0.2) is 19.0 Å². The van der Waals surface area contributed by atoms with Crippen molar-refractivity contribution < 1.29 is 0 Å². The minimum absolute atomic E-state index is 0.456. The van der Waals surface area contributed by atoms with Gasteiger partial charge in [0.2, 0.25) is 5.96 Å². The third kappa shape index (κ3) is 2.70. The largest absolute Gasteiger partial charge is 0.356 e. The van der Waals surface area contributed by atoms with Crippen LogP contribution in [0.15, 0.2) is 4.99 Å². The van der Waals surface area contributed by atoms with Gasteiger partial charge in [-0.25, -0.2) is 5.84 Å². The maximum absolute atomic E-state index is 5.27. The smallest absolute Gasteiger partial charge is 0.205 e. The van der Waals surface area contributed by atoms with E-state index in [1.165, 1.54) is 12.8 Å². The van der Waals surface area contributed by atoms with E-state index in [-0.39, 0.29) is 0 Å². The summed E-state index contributed by atoms with van der Waals surface area (Å²) in [7, 11) is 0. The van der Waals surface area contributed by atoms with Gasteiger partial charge in [-0.05, 0) is 25.2 Å². The van der Waals surface area contributed by atoms with Crippen LogP contribution in [0.25, 0.3) is 0 Å². The number of hydrogen-bond acceptors (Lipinski definition) is 2. The summed E-state index contributed by atoms with van der Waals surface area (Å²) >= 11 is 0. The van der Waals surface area contributed by atoms with Crippen molar-refractivity contribution in [3.63, 3.8) is 0 Å². The van der Waals surface area contributed by atoms with Crippen LogP contribution in [0.3, 0.4) is 0 Å². The third-order valence-corrected chi connectivity index (χ3v) is 2.20. The summed E-state index contributed by atoms with van der Waals surface area (Å²) in [6.45, 7) is 5.99. The van der Waals surface area contributed by atoms with Crippen LogP contribution in [-0.2, 0) is 0 Å². The molecular formula is C8H18N4. The van der Waals surface area contributed by atoms with Gasteiger partial charge in [0.25, 0.3) is 0 Å². The van der Waals surface area contributed by atoms with E-state index in [0.29, 0.717) is 11.4 Å². The predicted molar refractivity (Wildman–Crippen MR) is 50.6 cm³/mol. The summed E-state index contributed by atoms with van der Waals surface area (Å²) in [5.41, 5.74) is 3.00. The van der Waals surface area contributed by atoms with Crippen molar-refractivity contribution in [1.82, 2.24) is 10.7 Å². The third-order valence-electron chi connectivity index (χ3n) is 2.20. The fourth-order valence-electron chi connectivity index (χ4n) is 0.961. The molecule has 0 aromatic heterocycles. The lowest BCUT2D eigenvalue weighted by atomic mass is 10.1. The van der Waals surface area contributed by atoms with Gasteiger partial charge in [-0.3, -0.25) is 10.4 Å². The molecule has 0 heterocycles. The SMILES string of the molecule is CCNC(=NCC1(C)CC1)NN. The Bertz CT molecular complexity index is 172. The highest BCUT2D eigenvalue weighted by Gasteiger charge is 2.36. The summed E-state index contributed by atoms with van der Waals surface area (Å²) in [5.74, 6) is 5.96. The summed E-state index contributed by atoms with van der Waals surface area (Å²) in [5, 5.41) is 3.05. The molecule has 70 valence electrons. The molecule has 0 atom stereocenters. The molecule has 1 rings (SSSR count). The summed E-state index contributed by atoms with van der Waals surface area (Å²) in [6, 6.07) is 0. The molecule has 4 N–H and O–H groups in total. The maximum atomic E-state index is 5.27. The van der Waals surface area contributed by atoms with Crippen molar-refractivity contribution in [2.75, 3.05) is 13.1 Å². The van der Waals surface area contributed by atoms with Crippen molar-refractivity contribution in [1.29, 1.82) is 0 Å². The Morgan fingerprint density at radius 2 is 2.25 bits per heavy atom. The highest BCUT2D eigenvalue weighted by Crippen LogP contribution is 2.44. The zero-order chi connectivity index (χ0) is 9.03. The van der Waals surface area contributed by atoms with Crippen molar-refractivity contribution in [3.8, 4) is 0 Å². The van der Waals surface area contributed by atoms with Gasteiger partial charge in [-0.15, -0.1) is 0 Å². The average molecular weight is 170 g/mol. The number of nitrogens with one attached hydrogen (secondary N) is 2. The Labute approximate surface area is 73.6 Å². The van der Waals surface area contributed by atoms with Gasteiger partial charge < -0.3 is 5.32 Å². The molecule has 1 aliphatic carbocycles. The first-order valence-electron chi connectivity index (χ1n) is 4.45. The molecule has 0 aliphatic heterocycles. The van der Waals surface area contributed by atoms with Gasteiger partial charge in [0.05, 0.1) is 0 Å². The molecule has 4 nitrogen and oxygen atoms in total. The second-order valence-electron chi connectivity index (χ2n) is 3.65. The lowest BCUT2D eigenvalue weighted by molar-refractivity contribution is 0.585. The summed E-state index contributed by atoms with van der Waals surface area (Å²) < 4.78 is 0. The second kappa shape index (κ2) is 3.76. The Morgan fingerprint density at radius 1 is 1.58 bits per heavy atom. The molecule has 1 aliphatic rings. The van der Waals surface area contributed by atoms with E-state index in [0.717, 1.165) is 13.1 Å². The molecule has 1 saturated carbocycles. The van der Waals surface area contributed by atoms with Gasteiger partial charge in [-0.1, -0.05) is 6.92 Å². The highest BCUT2D eigenvalue weighted by atomic mass is 15.3. The van der Waals surface area contributed by atoms with Crippen molar-refractivity contribution in [2.45, 2.75) is 26.7 Å². The van der Waals surface area contributed by atoms with E-state index in [4.69, 9.17) is 5.84 Å².